The Labute approximate surface area is 113 Å². The number of rotatable bonds is 3. The van der Waals surface area contributed by atoms with E-state index in [0.29, 0.717) is 6.54 Å². The molecular weight excluding hydrogens is 238 g/mol. The van der Waals surface area contributed by atoms with Crippen LogP contribution in [0.2, 0.25) is 0 Å². The van der Waals surface area contributed by atoms with Gasteiger partial charge in [-0.15, -0.1) is 0 Å². The Morgan fingerprint density at radius 2 is 2.26 bits per heavy atom. The molecule has 2 heterocycles. The Hall–Kier alpha value is -1.81. The summed E-state index contributed by atoms with van der Waals surface area (Å²) in [5.74, 6) is 0.892. The molecule has 2 aromatic rings. The van der Waals surface area contributed by atoms with Gasteiger partial charge in [-0.2, -0.15) is 5.10 Å². The first-order chi connectivity index (χ1) is 9.24. The molecule has 100 valence electrons. The van der Waals surface area contributed by atoms with Gasteiger partial charge in [-0.1, -0.05) is 11.6 Å². The predicted octanol–water partition coefficient (Wildman–Crippen LogP) is 2.27. The molecule has 19 heavy (non-hydrogen) atoms. The van der Waals surface area contributed by atoms with Crippen molar-refractivity contribution in [1.29, 1.82) is 0 Å². The number of fused-ring (bicyclic) bond motifs is 1. The average molecular weight is 257 g/mol. The van der Waals surface area contributed by atoms with Crippen LogP contribution in [-0.4, -0.2) is 16.9 Å². The van der Waals surface area contributed by atoms with Crippen LogP contribution in [0.1, 0.15) is 23.4 Å². The second-order valence-electron chi connectivity index (χ2n) is 5.00. The molecule has 0 amide bonds. The van der Waals surface area contributed by atoms with Gasteiger partial charge in [0.05, 0.1) is 12.8 Å². The molecule has 4 nitrogen and oxygen atoms in total. The maximum absolute atomic E-state index is 5.86. The molecule has 0 saturated heterocycles. The van der Waals surface area contributed by atoms with E-state index in [0.717, 1.165) is 36.4 Å². The van der Waals surface area contributed by atoms with Crippen LogP contribution in [0.25, 0.3) is 11.1 Å². The lowest BCUT2D eigenvalue weighted by Gasteiger charge is -2.11. The third kappa shape index (κ3) is 1.92. The molecule has 2 N–H and O–H groups in total. The Morgan fingerprint density at radius 1 is 1.42 bits per heavy atom. The first-order valence-corrected chi connectivity index (χ1v) is 6.68. The fourth-order valence-electron chi connectivity index (χ4n) is 2.86. The summed E-state index contributed by atoms with van der Waals surface area (Å²) < 4.78 is 7.60. The maximum Gasteiger partial charge on any atom is 0.126 e. The number of nitrogens with zero attached hydrogens (tertiary/aromatic N) is 2. The highest BCUT2D eigenvalue weighted by Crippen LogP contribution is 2.37. The van der Waals surface area contributed by atoms with Crippen molar-refractivity contribution in [2.24, 2.45) is 5.73 Å². The average Bonchev–Trinajstić information content (AvgIpc) is 2.98. The molecule has 0 radical (unpaired) electrons. The number of methoxy groups -OCH3 is 1. The standard InChI is InChI=1S/C15H19N3O/c1-10-5-6-14(19-2)11(8-10)15-12(9-16)17-18-7-3-4-13(15)18/h5-6,8H,3-4,7,9,16H2,1-2H3. The zero-order valence-electron chi connectivity index (χ0n) is 11.4. The van der Waals surface area contributed by atoms with Crippen molar-refractivity contribution in [2.45, 2.75) is 32.9 Å². The van der Waals surface area contributed by atoms with Gasteiger partial charge in [0.15, 0.2) is 0 Å². The summed E-state index contributed by atoms with van der Waals surface area (Å²) in [4.78, 5) is 0. The van der Waals surface area contributed by atoms with Crippen LogP contribution >= 0.6 is 0 Å². The summed E-state index contributed by atoms with van der Waals surface area (Å²) in [6.07, 6.45) is 2.23. The smallest absolute Gasteiger partial charge is 0.126 e. The molecular formula is C15H19N3O. The fourth-order valence-corrected chi connectivity index (χ4v) is 2.86. The van der Waals surface area contributed by atoms with Crippen LogP contribution in [-0.2, 0) is 19.5 Å². The predicted molar refractivity (Wildman–Crippen MR) is 75.2 cm³/mol. The van der Waals surface area contributed by atoms with Crippen molar-refractivity contribution in [1.82, 2.24) is 9.78 Å². The zero-order chi connectivity index (χ0) is 13.4. The molecule has 0 saturated carbocycles. The Balaban J connectivity index is 2.24. The van der Waals surface area contributed by atoms with Gasteiger partial charge in [-0.05, 0) is 31.9 Å². The van der Waals surface area contributed by atoms with E-state index in [4.69, 9.17) is 10.5 Å². The van der Waals surface area contributed by atoms with E-state index in [2.05, 4.69) is 28.8 Å². The van der Waals surface area contributed by atoms with Crippen LogP contribution < -0.4 is 10.5 Å². The van der Waals surface area contributed by atoms with E-state index in [-0.39, 0.29) is 0 Å². The molecule has 0 fully saturated rings. The van der Waals surface area contributed by atoms with Crippen molar-refractivity contribution in [2.75, 3.05) is 7.11 Å². The Morgan fingerprint density at radius 3 is 3.00 bits per heavy atom. The summed E-state index contributed by atoms with van der Waals surface area (Å²) in [6.45, 7) is 3.55. The Bertz CT molecular complexity index is 616. The lowest BCUT2D eigenvalue weighted by molar-refractivity contribution is 0.416. The van der Waals surface area contributed by atoms with Crippen LogP contribution in [0, 0.1) is 6.92 Å². The molecule has 0 atom stereocenters. The van der Waals surface area contributed by atoms with Crippen molar-refractivity contribution < 1.29 is 4.74 Å². The zero-order valence-corrected chi connectivity index (χ0v) is 11.4. The molecule has 1 aliphatic heterocycles. The number of hydrogen-bond acceptors (Lipinski definition) is 3. The third-order valence-corrected chi connectivity index (χ3v) is 3.73. The fraction of sp³-hybridized carbons (Fsp3) is 0.400. The molecule has 1 aromatic heterocycles. The highest BCUT2D eigenvalue weighted by molar-refractivity contribution is 5.75. The lowest BCUT2D eigenvalue weighted by atomic mass is 9.98. The Kier molecular flexibility index (Phi) is 3.03. The molecule has 1 aliphatic rings. The summed E-state index contributed by atoms with van der Waals surface area (Å²) in [5.41, 5.74) is 11.6. The van der Waals surface area contributed by atoms with Gasteiger partial charge in [0.25, 0.3) is 0 Å². The van der Waals surface area contributed by atoms with E-state index < -0.39 is 0 Å². The largest absolute Gasteiger partial charge is 0.496 e. The summed E-state index contributed by atoms with van der Waals surface area (Å²) in [7, 11) is 1.71. The van der Waals surface area contributed by atoms with Gasteiger partial charge in [0.1, 0.15) is 5.75 Å². The van der Waals surface area contributed by atoms with Crippen LogP contribution in [0.15, 0.2) is 18.2 Å². The van der Waals surface area contributed by atoms with Gasteiger partial charge in [-0.3, -0.25) is 4.68 Å². The van der Waals surface area contributed by atoms with E-state index in [1.807, 2.05) is 6.07 Å². The van der Waals surface area contributed by atoms with Crippen molar-refractivity contribution >= 4 is 0 Å². The van der Waals surface area contributed by atoms with Crippen molar-refractivity contribution in [3.05, 3.63) is 35.2 Å². The monoisotopic (exact) mass is 257 g/mol. The molecule has 0 bridgehead atoms. The number of ether oxygens (including phenoxy) is 1. The lowest BCUT2D eigenvalue weighted by Crippen LogP contribution is -2.02. The van der Waals surface area contributed by atoms with Gasteiger partial charge in [0, 0.05) is 29.9 Å². The number of aryl methyl sites for hydroxylation is 2. The number of benzene rings is 1. The second kappa shape index (κ2) is 4.70. The third-order valence-electron chi connectivity index (χ3n) is 3.73. The van der Waals surface area contributed by atoms with E-state index in [9.17, 15) is 0 Å². The number of nitrogens with two attached hydrogens (primary N) is 1. The minimum Gasteiger partial charge on any atom is -0.496 e. The van der Waals surface area contributed by atoms with Crippen molar-refractivity contribution in [3.63, 3.8) is 0 Å². The molecule has 0 spiro atoms. The van der Waals surface area contributed by atoms with Crippen molar-refractivity contribution in [3.8, 4) is 16.9 Å². The highest BCUT2D eigenvalue weighted by Gasteiger charge is 2.24. The van der Waals surface area contributed by atoms with Crippen LogP contribution in [0.5, 0.6) is 5.75 Å². The second-order valence-corrected chi connectivity index (χ2v) is 5.00. The summed E-state index contributed by atoms with van der Waals surface area (Å²) in [6, 6.07) is 6.24. The molecule has 0 unspecified atom stereocenters. The first kappa shape index (κ1) is 12.2. The number of hydrogen-bond donors (Lipinski definition) is 1. The summed E-state index contributed by atoms with van der Waals surface area (Å²) >= 11 is 0. The minimum atomic E-state index is 0.465. The normalized spacial score (nSPS) is 13.6. The van der Waals surface area contributed by atoms with Gasteiger partial charge < -0.3 is 10.5 Å². The quantitative estimate of drug-likeness (QED) is 0.917. The highest BCUT2D eigenvalue weighted by atomic mass is 16.5. The molecule has 0 aliphatic carbocycles. The SMILES string of the molecule is COc1ccc(C)cc1-c1c(CN)nn2c1CCC2. The number of aromatic nitrogens is 2. The van der Waals surface area contributed by atoms with Crippen LogP contribution in [0.4, 0.5) is 0 Å². The minimum absolute atomic E-state index is 0.465. The topological polar surface area (TPSA) is 53.1 Å². The van der Waals surface area contributed by atoms with Gasteiger partial charge >= 0.3 is 0 Å². The van der Waals surface area contributed by atoms with E-state index in [1.54, 1.807) is 7.11 Å². The van der Waals surface area contributed by atoms with E-state index >= 15 is 0 Å². The van der Waals surface area contributed by atoms with Gasteiger partial charge in [0.2, 0.25) is 0 Å². The summed E-state index contributed by atoms with van der Waals surface area (Å²) in [5, 5.41) is 4.63. The maximum atomic E-state index is 5.86. The molecule has 4 heteroatoms. The van der Waals surface area contributed by atoms with Gasteiger partial charge in [-0.25, -0.2) is 0 Å². The molecule has 1 aromatic carbocycles. The van der Waals surface area contributed by atoms with Crippen LogP contribution in [0.3, 0.4) is 0 Å². The van der Waals surface area contributed by atoms with E-state index in [1.165, 1.54) is 16.8 Å². The molecule has 3 rings (SSSR count). The first-order valence-electron chi connectivity index (χ1n) is 6.68.